The lowest BCUT2D eigenvalue weighted by Crippen LogP contribution is -2.14. The van der Waals surface area contributed by atoms with Crippen molar-refractivity contribution in [2.24, 2.45) is 0 Å². The summed E-state index contributed by atoms with van der Waals surface area (Å²) in [5.41, 5.74) is 4.52. The van der Waals surface area contributed by atoms with Gasteiger partial charge in [0.1, 0.15) is 0 Å². The van der Waals surface area contributed by atoms with E-state index in [4.69, 9.17) is 5.21 Å². The smallest absolute Gasteiger partial charge is 0.267 e. The summed E-state index contributed by atoms with van der Waals surface area (Å²) in [5, 5.41) is 8.40. The molecule has 0 fully saturated rings. The zero-order valence-electron chi connectivity index (χ0n) is 13.3. The molecule has 2 aromatic carbocycles. The second-order valence-electron chi connectivity index (χ2n) is 5.28. The average Bonchev–Trinajstić information content (AvgIpc) is 2.56. The Hall–Kier alpha value is -2.64. The minimum absolute atomic E-state index is 0.203. The molecule has 7 heteroatoms. The molecule has 0 radical (unpaired) electrons. The Morgan fingerprint density at radius 3 is 2.29 bits per heavy atom. The van der Waals surface area contributed by atoms with Gasteiger partial charge in [-0.2, -0.15) is 0 Å². The molecule has 2 rings (SSSR count). The van der Waals surface area contributed by atoms with E-state index in [0.29, 0.717) is 11.3 Å². The minimum Gasteiger partial charge on any atom is -0.288 e. The molecule has 126 valence electrons. The van der Waals surface area contributed by atoms with Crippen LogP contribution in [0.5, 0.6) is 0 Å². The van der Waals surface area contributed by atoms with Crippen LogP contribution in [0.25, 0.3) is 6.08 Å². The normalized spacial score (nSPS) is 11.5. The SMILES string of the molecule is Cc1ccc(S(=O)(=O)Nc2ccc(/C=C/C(=O)NO)cc2)cc1C. The third-order valence-electron chi connectivity index (χ3n) is 3.49. The lowest BCUT2D eigenvalue weighted by atomic mass is 10.1. The number of hydrogen-bond donors (Lipinski definition) is 3. The molecule has 0 bridgehead atoms. The Morgan fingerprint density at radius 1 is 1.04 bits per heavy atom. The van der Waals surface area contributed by atoms with Crippen LogP contribution < -0.4 is 10.2 Å². The van der Waals surface area contributed by atoms with Gasteiger partial charge in [0.05, 0.1) is 4.90 Å². The van der Waals surface area contributed by atoms with Crippen molar-refractivity contribution in [1.29, 1.82) is 0 Å². The van der Waals surface area contributed by atoms with Crippen LogP contribution in [0.2, 0.25) is 0 Å². The van der Waals surface area contributed by atoms with E-state index in [1.807, 2.05) is 13.8 Å². The number of carbonyl (C=O) groups is 1. The molecule has 0 spiro atoms. The average molecular weight is 346 g/mol. The van der Waals surface area contributed by atoms with Crippen molar-refractivity contribution in [2.75, 3.05) is 4.72 Å². The van der Waals surface area contributed by atoms with Gasteiger partial charge >= 0.3 is 0 Å². The van der Waals surface area contributed by atoms with Crippen molar-refractivity contribution in [3.63, 3.8) is 0 Å². The summed E-state index contributed by atoms with van der Waals surface area (Å²) in [6, 6.07) is 11.4. The number of carbonyl (C=O) groups excluding carboxylic acids is 1. The highest BCUT2D eigenvalue weighted by atomic mass is 32.2. The number of nitrogens with one attached hydrogen (secondary N) is 2. The van der Waals surface area contributed by atoms with Crippen LogP contribution in [0.15, 0.2) is 53.4 Å². The number of aryl methyl sites for hydroxylation is 2. The van der Waals surface area contributed by atoms with Crippen molar-refractivity contribution < 1.29 is 18.4 Å². The first-order chi connectivity index (χ1) is 11.3. The first kappa shape index (κ1) is 17.7. The second-order valence-corrected chi connectivity index (χ2v) is 6.97. The van der Waals surface area contributed by atoms with Gasteiger partial charge in [0.2, 0.25) is 0 Å². The number of amides is 1. The highest BCUT2D eigenvalue weighted by molar-refractivity contribution is 7.92. The Labute approximate surface area is 140 Å². The molecule has 2 aromatic rings. The fraction of sp³-hybridized carbons (Fsp3) is 0.118. The third-order valence-corrected chi connectivity index (χ3v) is 4.87. The first-order valence-corrected chi connectivity index (χ1v) is 8.62. The van der Waals surface area contributed by atoms with Gasteiger partial charge in [0.25, 0.3) is 15.9 Å². The molecule has 0 aliphatic carbocycles. The van der Waals surface area contributed by atoms with Crippen LogP contribution in [-0.4, -0.2) is 19.5 Å². The highest BCUT2D eigenvalue weighted by Gasteiger charge is 2.14. The Balaban J connectivity index is 2.16. The molecule has 0 aliphatic rings. The highest BCUT2D eigenvalue weighted by Crippen LogP contribution is 2.19. The van der Waals surface area contributed by atoms with Crippen LogP contribution in [0, 0.1) is 13.8 Å². The first-order valence-electron chi connectivity index (χ1n) is 7.14. The Bertz CT molecular complexity index is 872. The van der Waals surface area contributed by atoms with E-state index >= 15 is 0 Å². The predicted molar refractivity (Wildman–Crippen MR) is 92.1 cm³/mol. The molecule has 0 saturated carbocycles. The third kappa shape index (κ3) is 4.43. The summed E-state index contributed by atoms with van der Waals surface area (Å²) in [6.45, 7) is 3.78. The molecule has 0 heterocycles. The topological polar surface area (TPSA) is 95.5 Å². The lowest BCUT2D eigenvalue weighted by Gasteiger charge is -2.10. The van der Waals surface area contributed by atoms with Crippen molar-refractivity contribution in [1.82, 2.24) is 5.48 Å². The maximum absolute atomic E-state index is 12.4. The fourth-order valence-corrected chi connectivity index (χ4v) is 3.11. The number of hydrogen-bond acceptors (Lipinski definition) is 4. The summed E-state index contributed by atoms with van der Waals surface area (Å²) < 4.78 is 27.3. The molecule has 0 aliphatic heterocycles. The molecule has 6 nitrogen and oxygen atoms in total. The Kier molecular flexibility index (Phi) is 5.38. The quantitative estimate of drug-likeness (QED) is 0.440. The van der Waals surface area contributed by atoms with Crippen molar-refractivity contribution in [2.45, 2.75) is 18.7 Å². The van der Waals surface area contributed by atoms with E-state index in [2.05, 4.69) is 4.72 Å². The Morgan fingerprint density at radius 2 is 1.71 bits per heavy atom. The number of anilines is 1. The molecule has 0 atom stereocenters. The van der Waals surface area contributed by atoms with Crippen LogP contribution in [0.3, 0.4) is 0 Å². The summed E-state index contributed by atoms with van der Waals surface area (Å²) >= 11 is 0. The van der Waals surface area contributed by atoms with E-state index in [1.54, 1.807) is 42.5 Å². The van der Waals surface area contributed by atoms with Gasteiger partial charge in [0, 0.05) is 11.8 Å². The molecule has 0 aromatic heterocycles. The number of rotatable bonds is 5. The summed E-state index contributed by atoms with van der Waals surface area (Å²) in [6.07, 6.45) is 2.65. The fourth-order valence-electron chi connectivity index (χ4n) is 1.97. The zero-order valence-corrected chi connectivity index (χ0v) is 14.1. The van der Waals surface area contributed by atoms with Gasteiger partial charge in [-0.1, -0.05) is 18.2 Å². The molecule has 0 unspecified atom stereocenters. The van der Waals surface area contributed by atoms with E-state index in [-0.39, 0.29) is 4.90 Å². The molecule has 3 N–H and O–H groups in total. The maximum atomic E-state index is 12.4. The van der Waals surface area contributed by atoms with E-state index in [9.17, 15) is 13.2 Å². The van der Waals surface area contributed by atoms with Crippen molar-refractivity contribution in [3.05, 3.63) is 65.2 Å². The monoisotopic (exact) mass is 346 g/mol. The molecule has 0 saturated heterocycles. The molecule has 24 heavy (non-hydrogen) atoms. The maximum Gasteiger partial charge on any atom is 0.267 e. The lowest BCUT2D eigenvalue weighted by molar-refractivity contribution is -0.124. The van der Waals surface area contributed by atoms with Crippen LogP contribution >= 0.6 is 0 Å². The van der Waals surface area contributed by atoms with Crippen LogP contribution in [0.1, 0.15) is 16.7 Å². The van der Waals surface area contributed by atoms with E-state index in [0.717, 1.165) is 17.2 Å². The molecular formula is C17H18N2O4S. The standard InChI is InChI=1S/C17H18N2O4S/c1-12-3-9-16(11-13(12)2)24(22,23)19-15-7-4-14(5-8-15)6-10-17(20)18-21/h3-11,19,21H,1-2H3,(H,18,20)/b10-6+. The minimum atomic E-state index is -3.66. The summed E-state index contributed by atoms with van der Waals surface area (Å²) in [7, 11) is -3.66. The van der Waals surface area contributed by atoms with Gasteiger partial charge in [0.15, 0.2) is 0 Å². The summed E-state index contributed by atoms with van der Waals surface area (Å²) in [4.78, 5) is 11.1. The zero-order chi connectivity index (χ0) is 17.7. The van der Waals surface area contributed by atoms with Gasteiger partial charge in [-0.25, -0.2) is 13.9 Å². The van der Waals surface area contributed by atoms with E-state index < -0.39 is 15.9 Å². The number of sulfonamides is 1. The largest absolute Gasteiger partial charge is 0.288 e. The van der Waals surface area contributed by atoms with Crippen molar-refractivity contribution in [3.8, 4) is 0 Å². The summed E-state index contributed by atoms with van der Waals surface area (Å²) in [5.74, 6) is -0.644. The molecular weight excluding hydrogens is 328 g/mol. The van der Waals surface area contributed by atoms with Crippen LogP contribution in [0.4, 0.5) is 5.69 Å². The van der Waals surface area contributed by atoms with Crippen LogP contribution in [-0.2, 0) is 14.8 Å². The van der Waals surface area contributed by atoms with Gasteiger partial charge < -0.3 is 0 Å². The van der Waals surface area contributed by atoms with E-state index in [1.165, 1.54) is 11.6 Å². The van der Waals surface area contributed by atoms with Gasteiger partial charge in [-0.05, 0) is 60.9 Å². The number of hydroxylamine groups is 1. The second kappa shape index (κ2) is 7.29. The van der Waals surface area contributed by atoms with Gasteiger partial charge in [-0.15, -0.1) is 0 Å². The number of benzene rings is 2. The van der Waals surface area contributed by atoms with Gasteiger partial charge in [-0.3, -0.25) is 14.7 Å². The molecule has 1 amide bonds. The van der Waals surface area contributed by atoms with Crippen molar-refractivity contribution >= 4 is 27.7 Å². The predicted octanol–water partition coefficient (Wildman–Crippen LogP) is 2.62.